The molecule has 8 atom stereocenters. The van der Waals surface area contributed by atoms with Crippen LogP contribution in [0.1, 0.15) is 25.7 Å². The van der Waals surface area contributed by atoms with E-state index in [2.05, 4.69) is 0 Å². The van der Waals surface area contributed by atoms with Crippen LogP contribution in [0.15, 0.2) is 0 Å². The summed E-state index contributed by atoms with van der Waals surface area (Å²) in [5.74, 6) is 4.99. The quantitative estimate of drug-likeness (QED) is 0.823. The normalized spacial score (nSPS) is 59.8. The Morgan fingerprint density at radius 3 is 1.25 bits per heavy atom. The molecule has 0 bridgehead atoms. The SMILES string of the molecule is O=C(O)CC1[C@@H]2C[C@H]3C4C2C2C4[C@H](C[C@H]21)C3CC(=O)O. The van der Waals surface area contributed by atoms with Gasteiger partial charge in [-0.2, -0.15) is 0 Å². The van der Waals surface area contributed by atoms with Crippen molar-refractivity contribution in [2.24, 2.45) is 59.2 Å². The van der Waals surface area contributed by atoms with Gasteiger partial charge in [-0.15, -0.1) is 0 Å². The number of aliphatic carboxylic acids is 2. The van der Waals surface area contributed by atoms with Crippen LogP contribution in [0, 0.1) is 59.2 Å². The fourth-order valence-corrected chi connectivity index (χ4v) is 7.91. The summed E-state index contributed by atoms with van der Waals surface area (Å²) in [6, 6.07) is 0. The fraction of sp³-hybridized carbons (Fsp3) is 0.875. The molecule has 0 aromatic carbocycles. The summed E-state index contributed by atoms with van der Waals surface area (Å²) in [5.41, 5.74) is 0. The van der Waals surface area contributed by atoms with Crippen LogP contribution in [0.5, 0.6) is 0 Å². The van der Waals surface area contributed by atoms with E-state index in [-0.39, 0.29) is 0 Å². The van der Waals surface area contributed by atoms with Crippen molar-refractivity contribution in [2.45, 2.75) is 25.7 Å². The van der Waals surface area contributed by atoms with Crippen LogP contribution in [-0.2, 0) is 9.59 Å². The van der Waals surface area contributed by atoms with Crippen molar-refractivity contribution in [3.63, 3.8) is 0 Å². The van der Waals surface area contributed by atoms with E-state index in [0.717, 1.165) is 36.5 Å². The number of hydrogen-bond acceptors (Lipinski definition) is 2. The summed E-state index contributed by atoms with van der Waals surface area (Å²) in [7, 11) is 0. The van der Waals surface area contributed by atoms with Gasteiger partial charge in [0.1, 0.15) is 0 Å². The van der Waals surface area contributed by atoms with Crippen LogP contribution >= 0.6 is 0 Å². The van der Waals surface area contributed by atoms with E-state index in [9.17, 15) is 19.8 Å². The second kappa shape index (κ2) is 3.40. The van der Waals surface area contributed by atoms with Crippen LogP contribution in [0.3, 0.4) is 0 Å². The van der Waals surface area contributed by atoms with Crippen LogP contribution in [0.25, 0.3) is 0 Å². The summed E-state index contributed by atoms with van der Waals surface area (Å²) < 4.78 is 0. The van der Waals surface area contributed by atoms with Crippen molar-refractivity contribution in [1.29, 1.82) is 0 Å². The van der Waals surface area contributed by atoms with Gasteiger partial charge in [0.05, 0.1) is 0 Å². The molecule has 0 saturated heterocycles. The first kappa shape index (κ1) is 11.6. The van der Waals surface area contributed by atoms with Gasteiger partial charge in [-0.05, 0) is 72.0 Å². The van der Waals surface area contributed by atoms with Crippen molar-refractivity contribution in [3.8, 4) is 0 Å². The maximum atomic E-state index is 11.2. The summed E-state index contributed by atoms with van der Waals surface area (Å²) in [6.45, 7) is 0. The monoisotopic (exact) mass is 276 g/mol. The Labute approximate surface area is 117 Å². The minimum absolute atomic E-state index is 0.352. The van der Waals surface area contributed by atoms with Gasteiger partial charge in [0, 0.05) is 12.8 Å². The van der Waals surface area contributed by atoms with Crippen molar-refractivity contribution in [1.82, 2.24) is 0 Å². The van der Waals surface area contributed by atoms with Crippen LogP contribution in [0.4, 0.5) is 0 Å². The molecular weight excluding hydrogens is 256 g/mol. The van der Waals surface area contributed by atoms with Crippen molar-refractivity contribution < 1.29 is 19.8 Å². The largest absolute Gasteiger partial charge is 0.481 e. The van der Waals surface area contributed by atoms with Crippen molar-refractivity contribution in [2.75, 3.05) is 0 Å². The predicted octanol–water partition coefficient (Wildman–Crippen LogP) is 1.95. The van der Waals surface area contributed by atoms with E-state index in [1.165, 1.54) is 0 Å². The number of rotatable bonds is 4. The second-order valence-electron chi connectivity index (χ2n) is 7.96. The van der Waals surface area contributed by atoms with E-state index in [0.29, 0.717) is 48.3 Å². The molecule has 4 nitrogen and oxygen atoms in total. The third kappa shape index (κ3) is 1.09. The standard InChI is InChI=1S/C16H20O4/c17-11(18)3-5-7-1-8-6(4-12(19)20)10-2-9(5)15-13(7)14(8)16(10)15/h5-10,13-16H,1-4H2,(H,17,18)(H,19,20)/t5?,6?,7-,8+,9-,10+,13?,14?,15?,16?. The van der Waals surface area contributed by atoms with E-state index in [1.54, 1.807) is 0 Å². The van der Waals surface area contributed by atoms with Gasteiger partial charge in [0.25, 0.3) is 0 Å². The van der Waals surface area contributed by atoms with E-state index in [4.69, 9.17) is 0 Å². The Balaban J connectivity index is 1.50. The van der Waals surface area contributed by atoms with Crippen LogP contribution < -0.4 is 0 Å². The molecule has 4 heteroatoms. The Kier molecular flexibility index (Phi) is 1.97. The smallest absolute Gasteiger partial charge is 0.303 e. The molecule has 5 saturated carbocycles. The highest BCUT2D eigenvalue weighted by molar-refractivity contribution is 5.68. The summed E-state index contributed by atoms with van der Waals surface area (Å²) >= 11 is 0. The molecule has 0 aromatic rings. The Bertz CT molecular complexity index is 433. The molecule has 5 rings (SSSR count). The van der Waals surface area contributed by atoms with Crippen LogP contribution in [0.2, 0.25) is 0 Å². The number of carboxylic acid groups (broad SMARTS) is 2. The molecule has 0 spiro atoms. The van der Waals surface area contributed by atoms with Gasteiger partial charge in [-0.3, -0.25) is 9.59 Å². The first-order valence-corrected chi connectivity index (χ1v) is 8.01. The molecule has 5 aliphatic carbocycles. The zero-order chi connectivity index (χ0) is 13.8. The van der Waals surface area contributed by atoms with Gasteiger partial charge < -0.3 is 10.2 Å². The molecule has 108 valence electrons. The minimum Gasteiger partial charge on any atom is -0.481 e. The molecule has 0 radical (unpaired) electrons. The molecule has 20 heavy (non-hydrogen) atoms. The first-order valence-electron chi connectivity index (χ1n) is 8.01. The van der Waals surface area contributed by atoms with Gasteiger partial charge >= 0.3 is 11.9 Å². The molecule has 0 aliphatic heterocycles. The lowest BCUT2D eigenvalue weighted by Gasteiger charge is -2.44. The molecule has 0 heterocycles. The maximum Gasteiger partial charge on any atom is 0.303 e. The van der Waals surface area contributed by atoms with Gasteiger partial charge in [0.15, 0.2) is 0 Å². The highest BCUT2D eigenvalue weighted by atomic mass is 16.4. The lowest BCUT2D eigenvalue weighted by molar-refractivity contribution is -0.139. The lowest BCUT2D eigenvalue weighted by Crippen LogP contribution is -2.41. The van der Waals surface area contributed by atoms with Crippen molar-refractivity contribution in [3.05, 3.63) is 0 Å². The molecule has 5 fully saturated rings. The van der Waals surface area contributed by atoms with E-state index in [1.807, 2.05) is 0 Å². The second-order valence-corrected chi connectivity index (χ2v) is 7.96. The van der Waals surface area contributed by atoms with Crippen molar-refractivity contribution >= 4 is 11.9 Å². The topological polar surface area (TPSA) is 74.6 Å². The van der Waals surface area contributed by atoms with E-state index < -0.39 is 11.9 Å². The fourth-order valence-electron chi connectivity index (χ4n) is 7.91. The Morgan fingerprint density at radius 1 is 0.700 bits per heavy atom. The third-order valence-corrected chi connectivity index (χ3v) is 7.86. The number of carboxylic acids is 2. The third-order valence-electron chi connectivity index (χ3n) is 7.86. The first-order chi connectivity index (χ1) is 9.58. The Hall–Kier alpha value is -1.06. The molecule has 4 unspecified atom stereocenters. The summed E-state index contributed by atoms with van der Waals surface area (Å²) in [5, 5.41) is 18.4. The Morgan fingerprint density at radius 2 is 1.00 bits per heavy atom. The molecular formula is C16H20O4. The zero-order valence-corrected chi connectivity index (χ0v) is 11.3. The molecule has 0 aromatic heterocycles. The molecule has 5 aliphatic rings. The maximum absolute atomic E-state index is 11.2. The van der Waals surface area contributed by atoms with Gasteiger partial charge in [-0.25, -0.2) is 0 Å². The van der Waals surface area contributed by atoms with Gasteiger partial charge in [0.2, 0.25) is 0 Å². The zero-order valence-electron chi connectivity index (χ0n) is 11.3. The molecule has 0 amide bonds. The minimum atomic E-state index is -0.640. The summed E-state index contributed by atoms with van der Waals surface area (Å²) in [6.07, 6.45) is 2.96. The molecule has 2 N–H and O–H groups in total. The summed E-state index contributed by atoms with van der Waals surface area (Å²) in [4.78, 5) is 22.3. The van der Waals surface area contributed by atoms with E-state index >= 15 is 0 Å². The van der Waals surface area contributed by atoms with Gasteiger partial charge in [-0.1, -0.05) is 0 Å². The lowest BCUT2D eigenvalue weighted by atomic mass is 9.60. The highest BCUT2D eigenvalue weighted by Gasteiger charge is 2.78. The predicted molar refractivity (Wildman–Crippen MR) is 68.6 cm³/mol. The van der Waals surface area contributed by atoms with Crippen LogP contribution in [-0.4, -0.2) is 22.2 Å². The number of carbonyl (C=O) groups is 2. The average Bonchev–Trinajstić information content (AvgIpc) is 2.91. The highest BCUT2D eigenvalue weighted by Crippen LogP contribution is 2.83. The number of hydrogen-bond donors (Lipinski definition) is 2. The average molecular weight is 276 g/mol.